The summed E-state index contributed by atoms with van der Waals surface area (Å²) in [5.74, 6) is -0.348. The second-order valence-electron chi connectivity index (χ2n) is 6.98. The molecule has 0 saturated heterocycles. The van der Waals surface area contributed by atoms with Crippen LogP contribution in [0.15, 0.2) is 42.5 Å². The summed E-state index contributed by atoms with van der Waals surface area (Å²) in [5, 5.41) is 0. The topological polar surface area (TPSA) is 52.6 Å². The normalized spacial score (nSPS) is 11.1. The zero-order chi connectivity index (χ0) is 19.3. The van der Waals surface area contributed by atoms with Crippen molar-refractivity contribution in [1.29, 1.82) is 0 Å². The fourth-order valence-corrected chi connectivity index (χ4v) is 2.64. The third kappa shape index (κ3) is 4.31. The molecule has 0 aliphatic heterocycles. The highest BCUT2D eigenvalue weighted by Crippen LogP contribution is 2.30. The van der Waals surface area contributed by atoms with Gasteiger partial charge in [-0.1, -0.05) is 39.0 Å². The first-order valence-corrected chi connectivity index (χ1v) is 8.87. The van der Waals surface area contributed by atoms with Gasteiger partial charge in [0.2, 0.25) is 11.6 Å². The van der Waals surface area contributed by atoms with Crippen LogP contribution in [0.4, 0.5) is 0 Å². The lowest BCUT2D eigenvalue weighted by molar-refractivity contribution is 0.0812. The zero-order valence-corrected chi connectivity index (χ0v) is 16.1. The Labute approximate surface area is 155 Å². The van der Waals surface area contributed by atoms with E-state index in [4.69, 9.17) is 9.47 Å². The molecule has 0 radical (unpaired) electrons. The van der Waals surface area contributed by atoms with E-state index in [1.165, 1.54) is 0 Å². The molecule has 4 heteroatoms. The van der Waals surface area contributed by atoms with Crippen molar-refractivity contribution in [3.05, 3.63) is 59.2 Å². The van der Waals surface area contributed by atoms with Crippen LogP contribution in [-0.4, -0.2) is 24.8 Å². The SMILES string of the molecule is CCOc1ccccc1C(=O)C(=O)c1cc(C(C)(C)C)ccc1OCC. The van der Waals surface area contributed by atoms with Gasteiger partial charge in [0.15, 0.2) is 0 Å². The standard InChI is InChI=1S/C22H26O4/c1-6-25-18-11-9-8-10-16(18)20(23)21(24)17-14-15(22(3,4)5)12-13-19(17)26-7-2/h8-14H,6-7H2,1-5H3. The number of rotatable bonds is 7. The van der Waals surface area contributed by atoms with Crippen LogP contribution in [0.5, 0.6) is 11.5 Å². The number of para-hydroxylation sites is 1. The fourth-order valence-electron chi connectivity index (χ4n) is 2.64. The molecule has 2 aromatic rings. The lowest BCUT2D eigenvalue weighted by atomic mass is 9.85. The van der Waals surface area contributed by atoms with Crippen LogP contribution in [0, 0.1) is 0 Å². The van der Waals surface area contributed by atoms with Crippen LogP contribution >= 0.6 is 0 Å². The Morgan fingerprint density at radius 3 is 1.92 bits per heavy atom. The minimum absolute atomic E-state index is 0.147. The van der Waals surface area contributed by atoms with Gasteiger partial charge in [0.1, 0.15) is 11.5 Å². The van der Waals surface area contributed by atoms with Crippen LogP contribution < -0.4 is 9.47 Å². The fraction of sp³-hybridized carbons (Fsp3) is 0.364. The van der Waals surface area contributed by atoms with Crippen LogP contribution in [-0.2, 0) is 5.41 Å². The van der Waals surface area contributed by atoms with Crippen LogP contribution in [0.1, 0.15) is 60.9 Å². The molecule has 4 nitrogen and oxygen atoms in total. The molecule has 26 heavy (non-hydrogen) atoms. The number of carbonyl (C=O) groups is 2. The van der Waals surface area contributed by atoms with Gasteiger partial charge >= 0.3 is 0 Å². The molecule has 0 amide bonds. The Balaban J connectivity index is 2.49. The van der Waals surface area contributed by atoms with E-state index >= 15 is 0 Å². The summed E-state index contributed by atoms with van der Waals surface area (Å²) in [7, 11) is 0. The van der Waals surface area contributed by atoms with Crippen LogP contribution in [0.3, 0.4) is 0 Å². The Morgan fingerprint density at radius 1 is 0.808 bits per heavy atom. The minimum atomic E-state index is -0.596. The zero-order valence-electron chi connectivity index (χ0n) is 16.1. The first kappa shape index (κ1) is 19.7. The van der Waals surface area contributed by atoms with Gasteiger partial charge in [0, 0.05) is 0 Å². The average Bonchev–Trinajstić information content (AvgIpc) is 2.61. The Kier molecular flexibility index (Phi) is 6.19. The lowest BCUT2D eigenvalue weighted by Gasteiger charge is -2.21. The first-order chi connectivity index (χ1) is 12.3. The van der Waals surface area contributed by atoms with Crippen molar-refractivity contribution in [1.82, 2.24) is 0 Å². The highest BCUT2D eigenvalue weighted by molar-refractivity contribution is 6.50. The van der Waals surface area contributed by atoms with Crippen molar-refractivity contribution in [2.75, 3.05) is 13.2 Å². The average molecular weight is 354 g/mol. The predicted molar refractivity (Wildman–Crippen MR) is 103 cm³/mol. The van der Waals surface area contributed by atoms with Crippen LogP contribution in [0.25, 0.3) is 0 Å². The Hall–Kier alpha value is -2.62. The Morgan fingerprint density at radius 2 is 1.35 bits per heavy atom. The van der Waals surface area contributed by atoms with E-state index in [0.717, 1.165) is 5.56 Å². The highest BCUT2D eigenvalue weighted by Gasteiger charge is 2.26. The summed E-state index contributed by atoms with van der Waals surface area (Å²) in [6, 6.07) is 12.3. The molecule has 0 atom stereocenters. The van der Waals surface area contributed by atoms with Crippen molar-refractivity contribution >= 4 is 11.6 Å². The van der Waals surface area contributed by atoms with Crippen LogP contribution in [0.2, 0.25) is 0 Å². The molecule has 0 aliphatic carbocycles. The monoisotopic (exact) mass is 354 g/mol. The summed E-state index contributed by atoms with van der Waals surface area (Å²) >= 11 is 0. The van der Waals surface area contributed by atoms with Gasteiger partial charge in [-0.25, -0.2) is 0 Å². The van der Waals surface area contributed by atoms with E-state index in [1.807, 2.05) is 19.9 Å². The van der Waals surface area contributed by atoms with E-state index in [1.54, 1.807) is 36.4 Å². The molecular weight excluding hydrogens is 328 g/mol. The number of hydrogen-bond acceptors (Lipinski definition) is 4. The van der Waals surface area contributed by atoms with Crippen molar-refractivity contribution in [3.63, 3.8) is 0 Å². The number of benzene rings is 2. The summed E-state index contributed by atoms with van der Waals surface area (Å²) < 4.78 is 11.1. The quantitative estimate of drug-likeness (QED) is 0.527. The molecular formula is C22H26O4. The van der Waals surface area contributed by atoms with Gasteiger partial charge in [-0.2, -0.15) is 0 Å². The van der Waals surface area contributed by atoms with E-state index in [-0.39, 0.29) is 16.5 Å². The molecule has 138 valence electrons. The summed E-state index contributed by atoms with van der Waals surface area (Å²) in [4.78, 5) is 25.9. The van der Waals surface area contributed by atoms with Crippen molar-refractivity contribution in [2.45, 2.75) is 40.0 Å². The van der Waals surface area contributed by atoms with Crippen molar-refractivity contribution < 1.29 is 19.1 Å². The van der Waals surface area contributed by atoms with Gasteiger partial charge in [-0.15, -0.1) is 0 Å². The van der Waals surface area contributed by atoms with Gasteiger partial charge in [-0.05, 0) is 49.1 Å². The van der Waals surface area contributed by atoms with E-state index < -0.39 is 11.6 Å². The number of ketones is 2. The second kappa shape index (κ2) is 8.17. The molecule has 0 fully saturated rings. The maximum atomic E-state index is 13.0. The number of carbonyl (C=O) groups excluding carboxylic acids is 2. The molecule has 0 spiro atoms. The van der Waals surface area contributed by atoms with Gasteiger partial charge in [-0.3, -0.25) is 9.59 Å². The van der Waals surface area contributed by atoms with Gasteiger partial charge in [0.05, 0.1) is 24.3 Å². The van der Waals surface area contributed by atoms with Crippen molar-refractivity contribution in [3.8, 4) is 11.5 Å². The van der Waals surface area contributed by atoms with Gasteiger partial charge < -0.3 is 9.47 Å². The smallest absolute Gasteiger partial charge is 0.237 e. The summed E-state index contributed by atoms with van der Waals surface area (Å²) in [6.07, 6.45) is 0. The summed E-state index contributed by atoms with van der Waals surface area (Å²) in [5.41, 5.74) is 1.38. The maximum Gasteiger partial charge on any atom is 0.237 e. The van der Waals surface area contributed by atoms with Crippen molar-refractivity contribution in [2.24, 2.45) is 0 Å². The Bertz CT molecular complexity index is 800. The molecule has 0 aliphatic rings. The predicted octanol–water partition coefficient (Wildman–Crippen LogP) is 4.85. The highest BCUT2D eigenvalue weighted by atomic mass is 16.5. The van der Waals surface area contributed by atoms with Gasteiger partial charge in [0.25, 0.3) is 0 Å². The molecule has 0 saturated carbocycles. The molecule has 0 aromatic heterocycles. The van der Waals surface area contributed by atoms with E-state index in [0.29, 0.717) is 24.7 Å². The second-order valence-corrected chi connectivity index (χ2v) is 6.98. The molecule has 0 unspecified atom stereocenters. The molecule has 0 heterocycles. The first-order valence-electron chi connectivity index (χ1n) is 8.87. The summed E-state index contributed by atoms with van der Waals surface area (Å²) in [6.45, 7) is 10.7. The largest absolute Gasteiger partial charge is 0.493 e. The third-order valence-electron chi connectivity index (χ3n) is 4.03. The van der Waals surface area contributed by atoms with E-state index in [9.17, 15) is 9.59 Å². The van der Waals surface area contributed by atoms with E-state index in [2.05, 4.69) is 20.8 Å². The molecule has 0 bridgehead atoms. The maximum absolute atomic E-state index is 13.0. The molecule has 2 rings (SSSR count). The third-order valence-corrected chi connectivity index (χ3v) is 4.03. The lowest BCUT2D eigenvalue weighted by Crippen LogP contribution is -2.19. The number of ether oxygens (including phenoxy) is 2. The number of Topliss-reactive ketones (excluding diaryl/α,β-unsaturated/α-hetero) is 2. The molecule has 2 aromatic carbocycles. The minimum Gasteiger partial charge on any atom is -0.493 e. The molecule has 0 N–H and O–H groups in total. The number of hydrogen-bond donors (Lipinski definition) is 0.